The maximum atomic E-state index is 12.5. The van der Waals surface area contributed by atoms with Crippen LogP contribution in [0.5, 0.6) is 0 Å². The summed E-state index contributed by atoms with van der Waals surface area (Å²) >= 11 is 0. The minimum Gasteiger partial charge on any atom is -0.395 e. The van der Waals surface area contributed by atoms with Crippen molar-refractivity contribution in [1.29, 1.82) is 0 Å². The highest BCUT2D eigenvalue weighted by molar-refractivity contribution is 7.86. The molecule has 4 rings (SSSR count). The van der Waals surface area contributed by atoms with E-state index in [1.54, 1.807) is 0 Å². The summed E-state index contributed by atoms with van der Waals surface area (Å²) in [6.45, 7) is -1.22. The van der Waals surface area contributed by atoms with Gasteiger partial charge in [0.15, 0.2) is 0 Å². The Hall–Kier alpha value is -5.44. The normalized spacial score (nSPS) is 12.3. The number of benzene rings is 2. The lowest BCUT2D eigenvalue weighted by Crippen LogP contribution is -2.18. The van der Waals surface area contributed by atoms with E-state index in [2.05, 4.69) is 61.8 Å². The summed E-state index contributed by atoms with van der Waals surface area (Å²) in [7, 11) is -18.6. The summed E-state index contributed by atoms with van der Waals surface area (Å²) in [6, 6.07) is 7.12. The molecule has 0 aliphatic rings. The molecular weight excluding hydrogens is 857 g/mol. The first-order valence-electron chi connectivity index (χ1n) is 16.2. The summed E-state index contributed by atoms with van der Waals surface area (Å²) in [5.74, 6) is -2.30. The molecule has 0 saturated carbocycles. The average Bonchev–Trinajstić information content (AvgIpc) is 3.11. The molecule has 2 aromatic heterocycles. The summed E-state index contributed by atoms with van der Waals surface area (Å²) in [5.41, 5.74) is -0.280. The molecule has 316 valence electrons. The van der Waals surface area contributed by atoms with Crippen molar-refractivity contribution >= 4 is 99.7 Å². The Morgan fingerprint density at radius 3 is 1.07 bits per heavy atom. The van der Waals surface area contributed by atoms with E-state index >= 15 is 0 Å². The zero-order valence-corrected chi connectivity index (χ0v) is 32.8. The molecule has 0 radical (unpaired) electrons. The summed E-state index contributed by atoms with van der Waals surface area (Å²) in [5, 5.41) is 34.2. The van der Waals surface area contributed by atoms with E-state index in [1.807, 2.05) is 0 Å². The van der Waals surface area contributed by atoms with Crippen molar-refractivity contribution in [3.63, 3.8) is 0 Å². The lowest BCUT2D eigenvalue weighted by molar-refractivity contribution is 0.310. The van der Waals surface area contributed by atoms with Crippen molar-refractivity contribution in [2.24, 2.45) is 0 Å². The molecule has 2 aromatic carbocycles. The average molecular weight is 893 g/mol. The highest BCUT2D eigenvalue weighted by Crippen LogP contribution is 2.28. The SMILES string of the molecule is O=S(=O)(O)CCNc1nc(NCCO)nc(Nc2ccc(/C=C/c3ccc(Nc4nc(NCCO)nc(NCCS(=O)(=O)O)n4)cc3S(=O)(=O)O)c(S(=O)(=O)O)c2)n1. The summed E-state index contributed by atoms with van der Waals surface area (Å²) < 4.78 is 132. The smallest absolute Gasteiger partial charge is 0.295 e. The van der Waals surface area contributed by atoms with Gasteiger partial charge in [-0.25, -0.2) is 0 Å². The van der Waals surface area contributed by atoms with E-state index in [0.717, 1.165) is 24.3 Å². The van der Waals surface area contributed by atoms with Gasteiger partial charge in [0.1, 0.15) is 9.79 Å². The van der Waals surface area contributed by atoms with Crippen LogP contribution >= 0.6 is 0 Å². The molecule has 0 unspecified atom stereocenters. The molecule has 26 nitrogen and oxygen atoms in total. The first-order valence-corrected chi connectivity index (χ1v) is 22.3. The molecule has 0 aliphatic heterocycles. The van der Waals surface area contributed by atoms with Gasteiger partial charge < -0.3 is 42.1 Å². The molecule has 0 spiro atoms. The largest absolute Gasteiger partial charge is 0.395 e. The van der Waals surface area contributed by atoms with E-state index < -0.39 is 61.8 Å². The number of aromatic nitrogens is 6. The van der Waals surface area contributed by atoms with Gasteiger partial charge in [-0.1, -0.05) is 24.3 Å². The molecule has 0 amide bonds. The molecule has 0 bridgehead atoms. The van der Waals surface area contributed by atoms with E-state index in [0.29, 0.717) is 0 Å². The van der Waals surface area contributed by atoms with Crippen LogP contribution in [0.15, 0.2) is 46.2 Å². The fourth-order valence-corrected chi connectivity index (χ4v) is 6.62. The van der Waals surface area contributed by atoms with Gasteiger partial charge in [-0.15, -0.1) is 0 Å². The molecule has 0 fully saturated rings. The number of nitrogens with zero attached hydrogens (tertiary/aromatic N) is 6. The lowest BCUT2D eigenvalue weighted by Gasteiger charge is -2.13. The number of hydrogen-bond acceptors (Lipinski definition) is 22. The second-order valence-corrected chi connectivity index (χ2v) is 17.3. The Balaban J connectivity index is 1.63. The third-order valence-electron chi connectivity index (χ3n) is 6.88. The Bertz CT molecular complexity index is 2410. The maximum Gasteiger partial charge on any atom is 0.295 e. The molecule has 12 N–H and O–H groups in total. The molecule has 58 heavy (non-hydrogen) atoms. The Morgan fingerprint density at radius 2 is 0.776 bits per heavy atom. The van der Waals surface area contributed by atoms with Crippen LogP contribution in [-0.2, 0) is 40.5 Å². The first-order chi connectivity index (χ1) is 27.1. The van der Waals surface area contributed by atoms with Crippen LogP contribution in [0.4, 0.5) is 47.1 Å². The van der Waals surface area contributed by atoms with Crippen molar-refractivity contribution in [2.45, 2.75) is 9.79 Å². The predicted molar refractivity (Wildman–Crippen MR) is 209 cm³/mol. The number of hydrogen-bond donors (Lipinski definition) is 12. The number of anilines is 8. The second-order valence-electron chi connectivity index (χ2n) is 11.4. The van der Waals surface area contributed by atoms with Gasteiger partial charge in [0.05, 0.1) is 24.7 Å². The Kier molecular flexibility index (Phi) is 15.1. The monoisotopic (exact) mass is 892 g/mol. The van der Waals surface area contributed by atoms with Crippen LogP contribution in [-0.4, -0.2) is 143 Å². The van der Waals surface area contributed by atoms with E-state index in [-0.39, 0.29) is 97.6 Å². The first kappa shape index (κ1) is 45.3. The molecule has 0 atom stereocenters. The highest BCUT2D eigenvalue weighted by atomic mass is 32.2. The van der Waals surface area contributed by atoms with E-state index in [4.69, 9.17) is 19.3 Å². The van der Waals surface area contributed by atoms with Crippen LogP contribution in [0.3, 0.4) is 0 Å². The van der Waals surface area contributed by atoms with Gasteiger partial charge in [0.25, 0.3) is 40.5 Å². The van der Waals surface area contributed by atoms with Crippen molar-refractivity contribution in [2.75, 3.05) is 82.8 Å². The van der Waals surface area contributed by atoms with Gasteiger partial charge in [-0.05, 0) is 35.4 Å². The van der Waals surface area contributed by atoms with Crippen molar-refractivity contribution < 1.29 is 62.1 Å². The van der Waals surface area contributed by atoms with Crippen LogP contribution < -0.4 is 31.9 Å². The highest BCUT2D eigenvalue weighted by Gasteiger charge is 2.19. The lowest BCUT2D eigenvalue weighted by atomic mass is 10.1. The summed E-state index contributed by atoms with van der Waals surface area (Å²) in [6.07, 6.45) is 2.27. The minimum absolute atomic E-state index is 0.00635. The minimum atomic E-state index is -4.95. The van der Waals surface area contributed by atoms with E-state index in [1.165, 1.54) is 24.3 Å². The zero-order valence-electron chi connectivity index (χ0n) is 29.5. The number of aliphatic hydroxyl groups excluding tert-OH is 2. The van der Waals surface area contributed by atoms with Gasteiger partial charge >= 0.3 is 0 Å². The number of nitrogens with one attached hydrogen (secondary N) is 6. The Labute approximate surface area is 330 Å². The van der Waals surface area contributed by atoms with Crippen molar-refractivity contribution in [1.82, 2.24) is 29.9 Å². The zero-order chi connectivity index (χ0) is 42.7. The third kappa shape index (κ3) is 14.8. The van der Waals surface area contributed by atoms with Crippen LogP contribution in [0.25, 0.3) is 12.2 Å². The van der Waals surface area contributed by atoms with Crippen molar-refractivity contribution in [3.05, 3.63) is 47.5 Å². The third-order valence-corrected chi connectivity index (χ3v) is 10.1. The molecule has 0 saturated heterocycles. The van der Waals surface area contributed by atoms with Crippen molar-refractivity contribution in [3.8, 4) is 0 Å². The standard InChI is InChI=1S/C28H36N12O14S4/c41-11-7-29-23-35-25(31-9-13-55(43,44)45)39-27(37-23)33-19-5-3-17(21(15-19)57(49,50)51)1-2-18-4-6-20(16-22(18)58(52,53)54)34-28-38-24(30-8-12-42)36-26(40-28)32-10-14-56(46,47)48/h1-6,15-16,41-42H,7-14H2,(H,43,44,45)(H,46,47,48)(H,49,50,51)(H,52,53,54)(H3,29,31,33,35,37,39)(H3,30,32,34,36,38,40)/b2-1+. The fourth-order valence-electron chi connectivity index (χ4n) is 4.48. The number of rotatable bonds is 22. The topological polar surface area (TPSA) is 407 Å². The quantitative estimate of drug-likeness (QED) is 0.0353. The van der Waals surface area contributed by atoms with Crippen LogP contribution in [0.1, 0.15) is 11.1 Å². The van der Waals surface area contributed by atoms with Crippen LogP contribution in [0, 0.1) is 0 Å². The Morgan fingerprint density at radius 1 is 0.466 bits per heavy atom. The molecule has 2 heterocycles. The fraction of sp³-hybridized carbons (Fsp3) is 0.286. The molecular formula is C28H36N12O14S4. The molecule has 4 aromatic rings. The maximum absolute atomic E-state index is 12.5. The van der Waals surface area contributed by atoms with Gasteiger partial charge in [-0.2, -0.15) is 63.6 Å². The van der Waals surface area contributed by atoms with Crippen LogP contribution in [0.2, 0.25) is 0 Å². The van der Waals surface area contributed by atoms with Gasteiger partial charge in [0.2, 0.25) is 35.7 Å². The summed E-state index contributed by atoms with van der Waals surface area (Å²) in [4.78, 5) is 23.0. The second kappa shape index (κ2) is 19.3. The number of aliphatic hydroxyl groups is 2. The van der Waals surface area contributed by atoms with E-state index in [9.17, 15) is 42.8 Å². The molecule has 0 aliphatic carbocycles. The molecule has 30 heteroatoms. The predicted octanol–water partition coefficient (Wildman–Crippen LogP) is -0.385. The van der Waals surface area contributed by atoms with Gasteiger partial charge in [-0.3, -0.25) is 18.2 Å². The van der Waals surface area contributed by atoms with Gasteiger partial charge in [0, 0.05) is 37.6 Å².